The highest BCUT2D eigenvalue weighted by Gasteiger charge is 2.36. The van der Waals surface area contributed by atoms with Crippen LogP contribution in [0.3, 0.4) is 0 Å². The molecule has 0 unspecified atom stereocenters. The summed E-state index contributed by atoms with van der Waals surface area (Å²) in [4.78, 5) is 40.6. The second-order valence-electron chi connectivity index (χ2n) is 15.2. The van der Waals surface area contributed by atoms with Crippen LogP contribution < -0.4 is 16.0 Å². The molecule has 294 valence electrons. The molecule has 0 bridgehead atoms. The molecule has 0 radical (unpaired) electrons. The van der Waals surface area contributed by atoms with Crippen molar-refractivity contribution in [1.82, 2.24) is 16.0 Å². The molecule has 1 aromatic rings. The minimum absolute atomic E-state index is 0.0174. The summed E-state index contributed by atoms with van der Waals surface area (Å²) in [6.45, 7) is 30.5. The molecule has 0 saturated heterocycles. The van der Waals surface area contributed by atoms with Gasteiger partial charge in [0.2, 0.25) is 0 Å². The van der Waals surface area contributed by atoms with Crippen molar-refractivity contribution in [2.24, 2.45) is 0 Å². The molecule has 3 amide bonds. The Morgan fingerprint density at radius 1 is 0.431 bits per heavy atom. The Labute approximate surface area is 311 Å². The lowest BCUT2D eigenvalue weighted by Crippen LogP contribution is -2.45. The molecule has 1 aromatic carbocycles. The van der Waals surface area contributed by atoms with Gasteiger partial charge in [0.15, 0.2) is 0 Å². The summed E-state index contributed by atoms with van der Waals surface area (Å²) >= 11 is 0. The number of benzene rings is 1. The van der Waals surface area contributed by atoms with Gasteiger partial charge in [0.05, 0.1) is 0 Å². The van der Waals surface area contributed by atoms with Crippen LogP contribution in [0.15, 0.2) is 18.2 Å². The summed E-state index contributed by atoms with van der Waals surface area (Å²) in [7, 11) is -7.74. The Morgan fingerprint density at radius 2 is 0.608 bits per heavy atom. The number of hydrogen-bond acceptors (Lipinski definition) is 9. The fourth-order valence-electron chi connectivity index (χ4n) is 5.96. The summed E-state index contributed by atoms with van der Waals surface area (Å²) in [6.07, 6.45) is -0.104. The molecule has 0 fully saturated rings. The van der Waals surface area contributed by atoms with Crippen molar-refractivity contribution in [2.45, 2.75) is 157 Å². The Kier molecular flexibility index (Phi) is 20.0. The zero-order chi connectivity index (χ0) is 39.2. The maximum atomic E-state index is 13.5. The summed E-state index contributed by atoms with van der Waals surface area (Å²) < 4.78 is 37.0. The summed E-state index contributed by atoms with van der Waals surface area (Å²) in [5.41, 5.74) is 0.588. The topological polar surface area (TPSA) is 143 Å². The molecule has 51 heavy (non-hydrogen) atoms. The molecule has 15 heteroatoms. The van der Waals surface area contributed by atoms with E-state index < -0.39 is 43.4 Å². The zero-order valence-electron chi connectivity index (χ0n) is 34.1. The van der Waals surface area contributed by atoms with Crippen molar-refractivity contribution in [2.75, 3.05) is 19.6 Å². The third-order valence-corrected chi connectivity index (χ3v) is 16.5. The van der Waals surface area contributed by atoms with E-state index in [2.05, 4.69) is 16.0 Å². The summed E-state index contributed by atoms with van der Waals surface area (Å²) in [6, 6.07) is 6.12. The first-order valence-corrected chi connectivity index (χ1v) is 26.1. The molecule has 0 aromatic heterocycles. The standard InChI is InChI=1S/C36H69N3O9Si3/c1-25(2)43-49(13,44-26(3)4)19-16-37-34(40)31-22-32(35(41)38-17-20-50(14,45-27(5)6)46-28(7)8)24-33(23-31)36(42)39-18-21-51(15,47-29(9)10)48-30(11)12/h22-30H,16-21H2,1-15H3,(H,37,40)(H,38,41)(H,39,42). The van der Waals surface area contributed by atoms with E-state index in [0.29, 0.717) is 37.8 Å². The van der Waals surface area contributed by atoms with Crippen LogP contribution >= 0.6 is 0 Å². The molecule has 0 aliphatic rings. The lowest BCUT2D eigenvalue weighted by Gasteiger charge is -2.31. The first kappa shape index (κ1) is 47.1. The molecular weight excluding hydrogens is 703 g/mol. The Bertz CT molecular complexity index is 1060. The van der Waals surface area contributed by atoms with Crippen molar-refractivity contribution in [3.8, 4) is 0 Å². The number of carbonyl (C=O) groups excluding carboxylic acids is 3. The van der Waals surface area contributed by atoms with Crippen LogP contribution in [-0.4, -0.2) is 99.7 Å². The zero-order valence-corrected chi connectivity index (χ0v) is 37.1. The SMILES string of the molecule is CC(C)O[Si](C)(CCNC(=O)c1cc(C(=O)NCC[Si](C)(OC(C)C)OC(C)C)cc(C(=O)NCC[Si](C)(OC(C)C)OC(C)C)c1)OC(C)C. The third-order valence-electron chi connectivity index (χ3n) is 7.22. The summed E-state index contributed by atoms with van der Waals surface area (Å²) in [5.74, 6) is -1.22. The van der Waals surface area contributed by atoms with E-state index in [4.69, 9.17) is 26.6 Å². The fourth-order valence-corrected chi connectivity index (χ4v) is 14.6. The minimum atomic E-state index is -2.58. The fraction of sp³-hybridized carbons (Fsp3) is 0.750. The molecular formula is C36H69N3O9Si3. The van der Waals surface area contributed by atoms with Crippen molar-refractivity contribution in [3.05, 3.63) is 34.9 Å². The Balaban J connectivity index is 3.28. The monoisotopic (exact) mass is 771 g/mol. The Hall–Kier alpha value is -1.96. The molecule has 3 N–H and O–H groups in total. The number of nitrogens with one attached hydrogen (secondary N) is 3. The first-order valence-electron chi connectivity index (χ1n) is 18.5. The number of amides is 3. The van der Waals surface area contributed by atoms with Crippen LogP contribution in [0.4, 0.5) is 0 Å². The quantitative estimate of drug-likeness (QED) is 0.0987. The van der Waals surface area contributed by atoms with Gasteiger partial charge in [-0.05, 0) is 121 Å². The van der Waals surface area contributed by atoms with Crippen LogP contribution in [-0.2, 0) is 26.6 Å². The van der Waals surface area contributed by atoms with Gasteiger partial charge in [0.25, 0.3) is 17.7 Å². The normalized spacial score (nSPS) is 12.9. The lowest BCUT2D eigenvalue weighted by atomic mass is 10.0. The Morgan fingerprint density at radius 3 is 0.765 bits per heavy atom. The molecule has 0 heterocycles. The van der Waals surface area contributed by atoms with E-state index in [1.165, 1.54) is 18.2 Å². The maximum absolute atomic E-state index is 13.5. The van der Waals surface area contributed by atoms with Crippen LogP contribution in [0.5, 0.6) is 0 Å². The molecule has 0 saturated carbocycles. The predicted octanol–water partition coefficient (Wildman–Crippen LogP) is 6.64. The van der Waals surface area contributed by atoms with Crippen LogP contribution in [0.2, 0.25) is 37.8 Å². The van der Waals surface area contributed by atoms with E-state index in [1.54, 1.807) is 0 Å². The maximum Gasteiger partial charge on any atom is 0.337 e. The van der Waals surface area contributed by atoms with Gasteiger partial charge in [-0.3, -0.25) is 14.4 Å². The van der Waals surface area contributed by atoms with Crippen molar-refractivity contribution < 1.29 is 40.9 Å². The largest absolute Gasteiger partial charge is 0.392 e. The van der Waals surface area contributed by atoms with Crippen molar-refractivity contribution in [1.29, 1.82) is 0 Å². The average molecular weight is 772 g/mol. The van der Waals surface area contributed by atoms with Gasteiger partial charge in [0, 0.05) is 91.1 Å². The summed E-state index contributed by atoms with van der Waals surface area (Å²) in [5, 5.41) is 8.85. The number of rotatable bonds is 24. The third kappa shape index (κ3) is 19.1. The van der Waals surface area contributed by atoms with E-state index in [-0.39, 0.29) is 53.3 Å². The van der Waals surface area contributed by atoms with Gasteiger partial charge in [-0.15, -0.1) is 0 Å². The first-order chi connectivity index (χ1) is 23.5. The molecule has 0 aliphatic heterocycles. The van der Waals surface area contributed by atoms with E-state index in [9.17, 15) is 14.4 Å². The predicted molar refractivity (Wildman–Crippen MR) is 210 cm³/mol. The van der Waals surface area contributed by atoms with Crippen LogP contribution in [0.25, 0.3) is 0 Å². The second-order valence-corrected chi connectivity index (χ2v) is 24.9. The van der Waals surface area contributed by atoms with E-state index >= 15 is 0 Å². The minimum Gasteiger partial charge on any atom is -0.392 e. The molecule has 1 rings (SSSR count). The second kappa shape index (κ2) is 21.7. The van der Waals surface area contributed by atoms with Gasteiger partial charge in [-0.2, -0.15) is 0 Å². The van der Waals surface area contributed by atoms with Crippen LogP contribution in [0.1, 0.15) is 114 Å². The van der Waals surface area contributed by atoms with Crippen molar-refractivity contribution >= 4 is 43.4 Å². The molecule has 0 atom stereocenters. The van der Waals surface area contributed by atoms with Gasteiger partial charge >= 0.3 is 25.7 Å². The van der Waals surface area contributed by atoms with Crippen LogP contribution in [0, 0.1) is 0 Å². The highest BCUT2D eigenvalue weighted by molar-refractivity contribution is 6.67. The number of hydrogen-bond donors (Lipinski definition) is 3. The molecule has 0 aliphatic carbocycles. The molecule has 12 nitrogen and oxygen atoms in total. The highest BCUT2D eigenvalue weighted by Crippen LogP contribution is 2.21. The van der Waals surface area contributed by atoms with Gasteiger partial charge in [-0.25, -0.2) is 0 Å². The van der Waals surface area contributed by atoms with Gasteiger partial charge < -0.3 is 42.5 Å². The van der Waals surface area contributed by atoms with E-state index in [1.807, 2.05) is 103 Å². The molecule has 0 spiro atoms. The number of carbonyl (C=O) groups is 3. The smallest absolute Gasteiger partial charge is 0.337 e. The van der Waals surface area contributed by atoms with Gasteiger partial charge in [-0.1, -0.05) is 0 Å². The average Bonchev–Trinajstić information content (AvgIpc) is 2.93. The van der Waals surface area contributed by atoms with E-state index in [0.717, 1.165) is 0 Å². The lowest BCUT2D eigenvalue weighted by molar-refractivity contribution is 0.0942. The highest BCUT2D eigenvalue weighted by atomic mass is 28.4. The van der Waals surface area contributed by atoms with Crippen molar-refractivity contribution in [3.63, 3.8) is 0 Å². The van der Waals surface area contributed by atoms with Gasteiger partial charge in [0.1, 0.15) is 0 Å².